The van der Waals surface area contributed by atoms with Crippen molar-refractivity contribution in [2.24, 2.45) is 11.8 Å². The van der Waals surface area contributed by atoms with Crippen molar-refractivity contribution in [2.75, 3.05) is 30.8 Å². The number of anilines is 2. The van der Waals surface area contributed by atoms with Crippen molar-refractivity contribution < 1.29 is 9.53 Å². The van der Waals surface area contributed by atoms with E-state index in [1.807, 2.05) is 19.9 Å². The van der Waals surface area contributed by atoms with Gasteiger partial charge in [-0.2, -0.15) is 0 Å². The average molecular weight is 249 g/mol. The molecule has 0 bridgehead atoms. The molecule has 1 saturated heterocycles. The summed E-state index contributed by atoms with van der Waals surface area (Å²) in [5.41, 5.74) is 7.74. The van der Waals surface area contributed by atoms with Crippen LogP contribution in [0.1, 0.15) is 12.5 Å². The molecule has 1 aromatic heterocycles. The second-order valence-electron chi connectivity index (χ2n) is 4.88. The Kier molecular flexibility index (Phi) is 3.41. The van der Waals surface area contributed by atoms with E-state index in [0.717, 1.165) is 17.9 Å². The molecule has 2 unspecified atom stereocenters. The minimum atomic E-state index is -0.156. The highest BCUT2D eigenvalue weighted by atomic mass is 16.5. The van der Waals surface area contributed by atoms with Crippen LogP contribution in [-0.2, 0) is 9.53 Å². The molecule has 0 aliphatic carbocycles. The molecule has 0 spiro atoms. The maximum Gasteiger partial charge on any atom is 0.310 e. The van der Waals surface area contributed by atoms with Gasteiger partial charge in [0.15, 0.2) is 5.82 Å². The zero-order chi connectivity index (χ0) is 13.3. The highest BCUT2D eigenvalue weighted by Crippen LogP contribution is 2.31. The van der Waals surface area contributed by atoms with E-state index >= 15 is 0 Å². The lowest BCUT2D eigenvalue weighted by molar-refractivity contribution is -0.145. The van der Waals surface area contributed by atoms with Crippen LogP contribution >= 0.6 is 0 Å². The largest absolute Gasteiger partial charge is 0.469 e. The van der Waals surface area contributed by atoms with Crippen LogP contribution in [0.4, 0.5) is 11.5 Å². The topological polar surface area (TPSA) is 68.5 Å². The summed E-state index contributed by atoms with van der Waals surface area (Å²) in [6.45, 7) is 5.40. The first kappa shape index (κ1) is 12.7. The van der Waals surface area contributed by atoms with Gasteiger partial charge >= 0.3 is 5.97 Å². The first-order chi connectivity index (χ1) is 8.54. The molecule has 1 aromatic rings. The Labute approximate surface area is 107 Å². The van der Waals surface area contributed by atoms with Gasteiger partial charge in [0.05, 0.1) is 18.7 Å². The summed E-state index contributed by atoms with van der Waals surface area (Å²) in [5, 5.41) is 0. The molecular formula is C13H19N3O2. The number of pyridine rings is 1. The lowest BCUT2D eigenvalue weighted by atomic mass is 9.99. The predicted molar refractivity (Wildman–Crippen MR) is 70.3 cm³/mol. The van der Waals surface area contributed by atoms with E-state index in [4.69, 9.17) is 10.5 Å². The predicted octanol–water partition coefficient (Wildman–Crippen LogP) is 1.22. The number of carbonyl (C=O) groups is 1. The minimum absolute atomic E-state index is 0.100. The molecule has 1 aliphatic rings. The van der Waals surface area contributed by atoms with Gasteiger partial charge in [0.25, 0.3) is 0 Å². The van der Waals surface area contributed by atoms with Gasteiger partial charge < -0.3 is 15.4 Å². The van der Waals surface area contributed by atoms with Crippen molar-refractivity contribution in [3.8, 4) is 0 Å². The molecule has 5 nitrogen and oxygen atoms in total. The maximum absolute atomic E-state index is 11.7. The Morgan fingerprint density at radius 3 is 2.94 bits per heavy atom. The molecule has 0 radical (unpaired) electrons. The fourth-order valence-corrected chi connectivity index (χ4v) is 2.41. The average Bonchev–Trinajstić information content (AvgIpc) is 2.73. The summed E-state index contributed by atoms with van der Waals surface area (Å²) in [6, 6.07) is 1.89. The van der Waals surface area contributed by atoms with E-state index in [-0.39, 0.29) is 17.8 Å². The molecule has 2 N–H and O–H groups in total. The summed E-state index contributed by atoms with van der Waals surface area (Å²) < 4.78 is 4.83. The van der Waals surface area contributed by atoms with Gasteiger partial charge in [-0.05, 0) is 24.5 Å². The van der Waals surface area contributed by atoms with Gasteiger partial charge in [-0.15, -0.1) is 0 Å². The third-order valence-electron chi connectivity index (χ3n) is 3.60. The van der Waals surface area contributed by atoms with Gasteiger partial charge in [0.1, 0.15) is 0 Å². The minimum Gasteiger partial charge on any atom is -0.469 e. The molecular weight excluding hydrogens is 230 g/mol. The summed E-state index contributed by atoms with van der Waals surface area (Å²) in [6.07, 6.45) is 1.75. The quantitative estimate of drug-likeness (QED) is 0.798. The first-order valence-electron chi connectivity index (χ1n) is 6.08. The number of nitrogens with zero attached hydrogens (tertiary/aromatic N) is 2. The van der Waals surface area contributed by atoms with E-state index in [0.29, 0.717) is 12.2 Å². The number of nitrogen functional groups attached to an aromatic ring is 1. The molecule has 0 aromatic carbocycles. The van der Waals surface area contributed by atoms with E-state index in [1.54, 1.807) is 6.20 Å². The molecule has 1 fully saturated rings. The van der Waals surface area contributed by atoms with Crippen LogP contribution in [0.2, 0.25) is 0 Å². The molecule has 0 amide bonds. The molecule has 18 heavy (non-hydrogen) atoms. The van der Waals surface area contributed by atoms with Gasteiger partial charge in [0, 0.05) is 19.3 Å². The van der Waals surface area contributed by atoms with Crippen molar-refractivity contribution in [3.63, 3.8) is 0 Å². The monoisotopic (exact) mass is 249 g/mol. The summed E-state index contributed by atoms with van der Waals surface area (Å²) in [5.74, 6) is 0.764. The number of rotatable bonds is 2. The van der Waals surface area contributed by atoms with Crippen LogP contribution in [0.15, 0.2) is 12.3 Å². The summed E-state index contributed by atoms with van der Waals surface area (Å²) >= 11 is 0. The fourth-order valence-electron chi connectivity index (χ4n) is 2.41. The molecule has 5 heteroatoms. The SMILES string of the molecule is COC(=O)C1CN(c2nccc(C)c2N)CC1C. The Bertz CT molecular complexity index is 462. The zero-order valence-corrected chi connectivity index (χ0v) is 11.0. The highest BCUT2D eigenvalue weighted by Gasteiger charge is 2.36. The van der Waals surface area contributed by atoms with E-state index < -0.39 is 0 Å². The number of methoxy groups -OCH3 is 1. The number of carbonyl (C=O) groups excluding carboxylic acids is 1. The third-order valence-corrected chi connectivity index (χ3v) is 3.60. The van der Waals surface area contributed by atoms with Gasteiger partial charge in [-0.3, -0.25) is 4.79 Å². The van der Waals surface area contributed by atoms with Crippen LogP contribution in [0.5, 0.6) is 0 Å². The number of hydrogen-bond donors (Lipinski definition) is 1. The third kappa shape index (κ3) is 2.12. The van der Waals surface area contributed by atoms with Gasteiger partial charge in [0.2, 0.25) is 0 Å². The van der Waals surface area contributed by atoms with Crippen LogP contribution in [0.25, 0.3) is 0 Å². The van der Waals surface area contributed by atoms with Crippen LogP contribution in [0, 0.1) is 18.8 Å². The van der Waals surface area contributed by atoms with Crippen molar-refractivity contribution >= 4 is 17.5 Å². The van der Waals surface area contributed by atoms with E-state index in [2.05, 4.69) is 9.88 Å². The number of nitrogens with two attached hydrogens (primary N) is 1. The Hall–Kier alpha value is -1.78. The number of esters is 1. The molecule has 98 valence electrons. The standard InChI is InChI=1S/C13H19N3O2/c1-8-4-5-15-12(11(8)14)16-6-9(2)10(7-16)13(17)18-3/h4-5,9-10H,6-7,14H2,1-3H3. The number of aromatic nitrogens is 1. The highest BCUT2D eigenvalue weighted by molar-refractivity contribution is 5.75. The smallest absolute Gasteiger partial charge is 0.310 e. The van der Waals surface area contributed by atoms with Crippen molar-refractivity contribution in [1.82, 2.24) is 4.98 Å². The molecule has 1 aliphatic heterocycles. The zero-order valence-electron chi connectivity index (χ0n) is 11.0. The molecule has 2 atom stereocenters. The van der Waals surface area contributed by atoms with Gasteiger partial charge in [-0.25, -0.2) is 4.98 Å². The summed E-state index contributed by atoms with van der Waals surface area (Å²) in [7, 11) is 1.43. The normalized spacial score (nSPS) is 23.2. The van der Waals surface area contributed by atoms with Crippen LogP contribution in [0.3, 0.4) is 0 Å². The Morgan fingerprint density at radius 1 is 1.56 bits per heavy atom. The lowest BCUT2D eigenvalue weighted by Gasteiger charge is -2.19. The lowest BCUT2D eigenvalue weighted by Crippen LogP contribution is -2.25. The number of aryl methyl sites for hydroxylation is 1. The van der Waals surface area contributed by atoms with Crippen LogP contribution in [-0.4, -0.2) is 31.2 Å². The Balaban J connectivity index is 2.22. The van der Waals surface area contributed by atoms with E-state index in [1.165, 1.54) is 7.11 Å². The summed E-state index contributed by atoms with van der Waals surface area (Å²) in [4.78, 5) is 18.0. The van der Waals surface area contributed by atoms with E-state index in [9.17, 15) is 4.79 Å². The second kappa shape index (κ2) is 4.84. The molecule has 0 saturated carbocycles. The van der Waals surface area contributed by atoms with Crippen molar-refractivity contribution in [2.45, 2.75) is 13.8 Å². The van der Waals surface area contributed by atoms with Crippen molar-refractivity contribution in [3.05, 3.63) is 17.8 Å². The van der Waals surface area contributed by atoms with Crippen LogP contribution < -0.4 is 10.6 Å². The maximum atomic E-state index is 11.7. The molecule has 2 heterocycles. The Morgan fingerprint density at radius 2 is 2.28 bits per heavy atom. The van der Waals surface area contributed by atoms with Gasteiger partial charge in [-0.1, -0.05) is 6.92 Å². The fraction of sp³-hybridized carbons (Fsp3) is 0.538. The second-order valence-corrected chi connectivity index (χ2v) is 4.88. The van der Waals surface area contributed by atoms with Crippen molar-refractivity contribution in [1.29, 1.82) is 0 Å². The number of ether oxygens (including phenoxy) is 1. The number of hydrogen-bond acceptors (Lipinski definition) is 5. The first-order valence-corrected chi connectivity index (χ1v) is 6.08. The molecule has 2 rings (SSSR count).